The molecule has 1 atom stereocenters. The number of nitrogens with one attached hydrogen (secondary N) is 1. The lowest BCUT2D eigenvalue weighted by Crippen LogP contribution is -2.31. The van der Waals surface area contributed by atoms with Gasteiger partial charge in [-0.15, -0.1) is 11.8 Å². The molecule has 0 spiro atoms. The van der Waals surface area contributed by atoms with Crippen molar-refractivity contribution in [3.05, 3.63) is 66.0 Å². The Bertz CT molecular complexity index is 625. The molecule has 114 valence electrons. The van der Waals surface area contributed by atoms with E-state index in [4.69, 9.17) is 0 Å². The third-order valence-corrected chi connectivity index (χ3v) is 4.76. The number of hydrogen-bond donors (Lipinski definition) is 1. The summed E-state index contributed by atoms with van der Waals surface area (Å²) in [5, 5.41) is 3.14. The second-order valence-corrected chi connectivity index (χ2v) is 6.58. The van der Waals surface area contributed by atoms with Crippen LogP contribution in [0.3, 0.4) is 0 Å². The molecule has 2 aromatic carbocycles. The highest BCUT2D eigenvalue weighted by Crippen LogP contribution is 2.41. The molecule has 2 aromatic rings. The normalized spacial score (nSPS) is 15.3. The number of hydrogen-bond acceptors (Lipinski definition) is 2. The van der Waals surface area contributed by atoms with E-state index in [2.05, 4.69) is 17.4 Å². The van der Waals surface area contributed by atoms with Gasteiger partial charge < -0.3 is 5.32 Å². The van der Waals surface area contributed by atoms with Crippen molar-refractivity contribution >= 4 is 17.7 Å². The van der Waals surface area contributed by atoms with Gasteiger partial charge in [-0.3, -0.25) is 4.79 Å². The average Bonchev–Trinajstić information content (AvgIpc) is 3.38. The van der Waals surface area contributed by atoms with Gasteiger partial charge in [0, 0.05) is 4.90 Å². The smallest absolute Gasteiger partial charge is 0.230 e. The Kier molecular flexibility index (Phi) is 4.78. The van der Waals surface area contributed by atoms with Crippen LogP contribution >= 0.6 is 11.8 Å². The molecule has 4 heteroatoms. The molecule has 0 unspecified atom stereocenters. The molecule has 0 radical (unpaired) electrons. The van der Waals surface area contributed by atoms with E-state index in [1.165, 1.54) is 42.3 Å². The molecule has 1 fully saturated rings. The van der Waals surface area contributed by atoms with E-state index in [0.717, 1.165) is 4.90 Å². The van der Waals surface area contributed by atoms with E-state index in [1.807, 2.05) is 18.2 Å². The first-order chi connectivity index (χ1) is 10.7. The van der Waals surface area contributed by atoms with E-state index < -0.39 is 0 Å². The van der Waals surface area contributed by atoms with E-state index in [-0.39, 0.29) is 17.8 Å². The molecule has 1 saturated carbocycles. The minimum atomic E-state index is -0.258. The summed E-state index contributed by atoms with van der Waals surface area (Å²) in [6, 6.07) is 16.5. The Morgan fingerprint density at radius 3 is 2.45 bits per heavy atom. The standard InChI is InChI=1S/C18H18FNOS/c19-15-8-10-16(11-9-15)22-12-17(21)20-18(14-6-7-14)13-4-2-1-3-5-13/h1-5,8-11,14,18H,6-7,12H2,(H,20,21)/t18-/m1/s1. The topological polar surface area (TPSA) is 29.1 Å². The first-order valence-corrected chi connectivity index (χ1v) is 8.43. The molecule has 1 aliphatic rings. The van der Waals surface area contributed by atoms with Gasteiger partial charge in [-0.25, -0.2) is 4.39 Å². The zero-order valence-corrected chi connectivity index (χ0v) is 13.0. The SMILES string of the molecule is O=C(CSc1ccc(F)cc1)N[C@H](c1ccccc1)C1CC1. The molecular weight excluding hydrogens is 297 g/mol. The van der Waals surface area contributed by atoms with Crippen molar-refractivity contribution in [2.75, 3.05) is 5.75 Å². The van der Waals surface area contributed by atoms with Crippen molar-refractivity contribution in [1.29, 1.82) is 0 Å². The van der Waals surface area contributed by atoms with Crippen LogP contribution in [0.2, 0.25) is 0 Å². The number of carbonyl (C=O) groups excluding carboxylic acids is 1. The number of halogens is 1. The Hall–Kier alpha value is -1.81. The van der Waals surface area contributed by atoms with Crippen LogP contribution in [0.25, 0.3) is 0 Å². The Balaban J connectivity index is 1.56. The van der Waals surface area contributed by atoms with E-state index >= 15 is 0 Å². The van der Waals surface area contributed by atoms with Crippen molar-refractivity contribution in [2.45, 2.75) is 23.8 Å². The molecule has 0 bridgehead atoms. The van der Waals surface area contributed by atoms with Crippen LogP contribution in [-0.4, -0.2) is 11.7 Å². The van der Waals surface area contributed by atoms with E-state index in [0.29, 0.717) is 11.7 Å². The number of carbonyl (C=O) groups is 1. The molecule has 3 rings (SSSR count). The van der Waals surface area contributed by atoms with Crippen molar-refractivity contribution in [2.24, 2.45) is 5.92 Å². The highest BCUT2D eigenvalue weighted by atomic mass is 32.2. The van der Waals surface area contributed by atoms with Crippen molar-refractivity contribution < 1.29 is 9.18 Å². The van der Waals surface area contributed by atoms with Gasteiger partial charge in [-0.2, -0.15) is 0 Å². The highest BCUT2D eigenvalue weighted by Gasteiger charge is 2.33. The third kappa shape index (κ3) is 4.10. The molecule has 1 N–H and O–H groups in total. The fourth-order valence-electron chi connectivity index (χ4n) is 2.46. The van der Waals surface area contributed by atoms with E-state index in [1.54, 1.807) is 12.1 Å². The fraction of sp³-hybridized carbons (Fsp3) is 0.278. The Morgan fingerprint density at radius 2 is 1.82 bits per heavy atom. The zero-order valence-electron chi connectivity index (χ0n) is 12.2. The number of rotatable bonds is 6. The van der Waals surface area contributed by atoms with Crippen LogP contribution < -0.4 is 5.32 Å². The monoisotopic (exact) mass is 315 g/mol. The summed E-state index contributed by atoms with van der Waals surface area (Å²) in [5.74, 6) is 0.672. The lowest BCUT2D eigenvalue weighted by Gasteiger charge is -2.18. The van der Waals surface area contributed by atoms with Gasteiger partial charge >= 0.3 is 0 Å². The quantitative estimate of drug-likeness (QED) is 0.810. The fourth-order valence-corrected chi connectivity index (χ4v) is 3.17. The summed E-state index contributed by atoms with van der Waals surface area (Å²) >= 11 is 1.43. The largest absolute Gasteiger partial charge is 0.348 e. The van der Waals surface area contributed by atoms with Gasteiger partial charge in [-0.05, 0) is 48.6 Å². The zero-order chi connectivity index (χ0) is 15.4. The minimum absolute atomic E-state index is 0.0232. The van der Waals surface area contributed by atoms with E-state index in [9.17, 15) is 9.18 Å². The maximum absolute atomic E-state index is 12.9. The second-order valence-electron chi connectivity index (χ2n) is 5.54. The number of thioether (sulfide) groups is 1. The maximum atomic E-state index is 12.9. The van der Waals surface area contributed by atoms with Crippen LogP contribution in [0, 0.1) is 11.7 Å². The summed E-state index contributed by atoms with van der Waals surface area (Å²) < 4.78 is 12.9. The molecule has 0 aliphatic heterocycles. The molecule has 0 heterocycles. The predicted octanol–water partition coefficient (Wildman–Crippen LogP) is 4.19. The Labute approximate surface area is 134 Å². The molecule has 1 amide bonds. The Morgan fingerprint density at radius 1 is 1.14 bits per heavy atom. The van der Waals surface area contributed by atoms with Crippen molar-refractivity contribution in [3.8, 4) is 0 Å². The van der Waals surface area contributed by atoms with Gasteiger partial charge in [0.25, 0.3) is 0 Å². The van der Waals surface area contributed by atoms with Crippen molar-refractivity contribution in [3.63, 3.8) is 0 Å². The van der Waals surface area contributed by atoms with Gasteiger partial charge in [-0.1, -0.05) is 30.3 Å². The number of benzene rings is 2. The molecule has 2 nitrogen and oxygen atoms in total. The first-order valence-electron chi connectivity index (χ1n) is 7.45. The van der Waals surface area contributed by atoms with Gasteiger partial charge in [0.05, 0.1) is 11.8 Å². The molecule has 0 aromatic heterocycles. The molecule has 1 aliphatic carbocycles. The summed E-state index contributed by atoms with van der Waals surface area (Å²) in [6.07, 6.45) is 2.34. The number of amides is 1. The van der Waals surface area contributed by atoms with Gasteiger partial charge in [0.2, 0.25) is 5.91 Å². The van der Waals surface area contributed by atoms with Gasteiger partial charge in [0.1, 0.15) is 5.82 Å². The van der Waals surface area contributed by atoms with Gasteiger partial charge in [0.15, 0.2) is 0 Å². The molecule has 0 saturated heterocycles. The van der Waals surface area contributed by atoms with Crippen LogP contribution in [0.4, 0.5) is 4.39 Å². The lowest BCUT2D eigenvalue weighted by molar-refractivity contribution is -0.119. The third-order valence-electron chi connectivity index (χ3n) is 3.75. The summed E-state index contributed by atoms with van der Waals surface area (Å²) in [5.41, 5.74) is 1.17. The van der Waals surface area contributed by atoms with Crippen LogP contribution in [-0.2, 0) is 4.79 Å². The predicted molar refractivity (Wildman–Crippen MR) is 87.2 cm³/mol. The highest BCUT2D eigenvalue weighted by molar-refractivity contribution is 8.00. The minimum Gasteiger partial charge on any atom is -0.348 e. The summed E-state index contributed by atoms with van der Waals surface area (Å²) in [4.78, 5) is 13.1. The average molecular weight is 315 g/mol. The van der Waals surface area contributed by atoms with Crippen LogP contribution in [0.1, 0.15) is 24.4 Å². The second kappa shape index (κ2) is 6.97. The van der Waals surface area contributed by atoms with Crippen LogP contribution in [0.15, 0.2) is 59.5 Å². The van der Waals surface area contributed by atoms with Crippen LogP contribution in [0.5, 0.6) is 0 Å². The molecular formula is C18H18FNOS. The molecule has 22 heavy (non-hydrogen) atoms. The lowest BCUT2D eigenvalue weighted by atomic mass is 10.0. The summed E-state index contributed by atoms with van der Waals surface area (Å²) in [6.45, 7) is 0. The van der Waals surface area contributed by atoms with Crippen molar-refractivity contribution in [1.82, 2.24) is 5.32 Å². The maximum Gasteiger partial charge on any atom is 0.230 e. The first kappa shape index (κ1) is 15.1. The summed E-state index contributed by atoms with van der Waals surface area (Å²) in [7, 11) is 0.